The maximum atomic E-state index is 12.9. The van der Waals surface area contributed by atoms with Crippen LogP contribution in [0.25, 0.3) is 12.2 Å². The monoisotopic (exact) mass is 391 g/mol. The van der Waals surface area contributed by atoms with Crippen LogP contribution in [0.1, 0.15) is 40.9 Å². The number of rotatable bonds is 5. The lowest BCUT2D eigenvalue weighted by atomic mass is 9.66. The van der Waals surface area contributed by atoms with Crippen molar-refractivity contribution >= 4 is 35.6 Å². The third-order valence-corrected chi connectivity index (χ3v) is 5.07. The number of hydrogen-bond acceptors (Lipinski definition) is 4. The molecule has 2 N–H and O–H groups in total. The first-order chi connectivity index (χ1) is 13.7. The van der Waals surface area contributed by atoms with Gasteiger partial charge < -0.3 is 10.4 Å². The first kappa shape index (κ1) is 20.2. The van der Waals surface area contributed by atoms with E-state index in [-0.39, 0.29) is 0 Å². The highest BCUT2D eigenvalue weighted by Crippen LogP contribution is 2.37. The molecule has 29 heavy (non-hydrogen) atoms. The fraction of sp³-hybridized carbons (Fsp3) is 0.217. The van der Waals surface area contributed by atoms with Gasteiger partial charge in [0.2, 0.25) is 5.91 Å². The van der Waals surface area contributed by atoms with Crippen molar-refractivity contribution in [2.45, 2.75) is 19.3 Å². The topological polar surface area (TPSA) is 101 Å². The number of carbonyl (C=O) groups is 4. The van der Waals surface area contributed by atoms with Crippen molar-refractivity contribution in [1.29, 1.82) is 0 Å². The van der Waals surface area contributed by atoms with Gasteiger partial charge in [0.05, 0.1) is 5.41 Å². The number of amides is 1. The van der Waals surface area contributed by atoms with Crippen molar-refractivity contribution < 1.29 is 24.3 Å². The molecule has 0 bridgehead atoms. The predicted molar refractivity (Wildman–Crippen MR) is 108 cm³/mol. The highest BCUT2D eigenvalue weighted by molar-refractivity contribution is 6.29. The molecule has 0 fully saturated rings. The third-order valence-electron chi connectivity index (χ3n) is 5.07. The Bertz CT molecular complexity index is 1020. The van der Waals surface area contributed by atoms with Gasteiger partial charge in [0.1, 0.15) is 6.54 Å². The summed E-state index contributed by atoms with van der Waals surface area (Å²) in [5, 5.41) is 10.9. The van der Waals surface area contributed by atoms with Crippen LogP contribution in [0, 0.1) is 5.92 Å². The average Bonchev–Trinajstić information content (AvgIpc) is 2.70. The zero-order valence-corrected chi connectivity index (χ0v) is 16.1. The minimum atomic E-state index is -1.54. The van der Waals surface area contributed by atoms with E-state index in [1.165, 1.54) is 0 Å². The molecule has 0 aliphatic heterocycles. The maximum absolute atomic E-state index is 12.9. The standard InChI is InChI=1S/C23H21NO5/c1-23(2)17-12-15(9-8-14-6-4-3-5-7-14)10-11-16(17)20(27)19(21(23)28)22(29)24-13-18(25)26/h3-12,19H,13H2,1-2H3,(H,24,29)(H,25,26). The molecule has 0 saturated heterocycles. The van der Waals surface area contributed by atoms with E-state index >= 15 is 0 Å². The number of hydrogen-bond donors (Lipinski definition) is 2. The van der Waals surface area contributed by atoms with Gasteiger partial charge in [0.25, 0.3) is 0 Å². The van der Waals surface area contributed by atoms with Crippen LogP contribution in [0.3, 0.4) is 0 Å². The number of nitrogens with one attached hydrogen (secondary N) is 1. The van der Waals surface area contributed by atoms with E-state index in [2.05, 4.69) is 5.32 Å². The van der Waals surface area contributed by atoms with Gasteiger partial charge in [-0.15, -0.1) is 0 Å². The lowest BCUT2D eigenvalue weighted by Crippen LogP contribution is -2.51. The molecule has 0 spiro atoms. The Morgan fingerprint density at radius 1 is 1.03 bits per heavy atom. The summed E-state index contributed by atoms with van der Waals surface area (Å²) in [5.41, 5.74) is 1.65. The molecular formula is C23H21NO5. The number of carboxylic acids is 1. The Balaban J connectivity index is 1.94. The van der Waals surface area contributed by atoms with Gasteiger partial charge in [-0.05, 0) is 30.5 Å². The number of Topliss-reactive ketones (excluding diaryl/α,β-unsaturated/α-hetero) is 2. The second-order valence-electron chi connectivity index (χ2n) is 7.45. The third kappa shape index (κ3) is 4.01. The summed E-state index contributed by atoms with van der Waals surface area (Å²) in [5.74, 6) is -4.81. The molecule has 3 rings (SSSR count). The minimum absolute atomic E-state index is 0.307. The molecule has 6 heteroatoms. The Morgan fingerprint density at radius 2 is 1.69 bits per heavy atom. The molecule has 1 amide bonds. The van der Waals surface area contributed by atoms with Crippen molar-refractivity contribution in [2.75, 3.05) is 6.54 Å². The van der Waals surface area contributed by atoms with Gasteiger partial charge in [-0.1, -0.05) is 60.7 Å². The van der Waals surface area contributed by atoms with Crippen molar-refractivity contribution in [1.82, 2.24) is 5.32 Å². The molecule has 0 radical (unpaired) electrons. The van der Waals surface area contributed by atoms with Crippen LogP contribution >= 0.6 is 0 Å². The van der Waals surface area contributed by atoms with E-state index in [1.54, 1.807) is 32.0 Å². The predicted octanol–water partition coefficient (Wildman–Crippen LogP) is 2.72. The lowest BCUT2D eigenvalue weighted by molar-refractivity contribution is -0.140. The van der Waals surface area contributed by atoms with Crippen molar-refractivity contribution in [2.24, 2.45) is 5.92 Å². The molecule has 148 valence electrons. The molecule has 0 aromatic heterocycles. The maximum Gasteiger partial charge on any atom is 0.322 e. The van der Waals surface area contributed by atoms with Gasteiger partial charge in [-0.3, -0.25) is 19.2 Å². The van der Waals surface area contributed by atoms with Crippen LogP contribution in [0.5, 0.6) is 0 Å². The van der Waals surface area contributed by atoms with Crippen molar-refractivity contribution in [3.63, 3.8) is 0 Å². The van der Waals surface area contributed by atoms with Crippen molar-refractivity contribution in [3.8, 4) is 0 Å². The number of ketones is 2. The molecular weight excluding hydrogens is 370 g/mol. The lowest BCUT2D eigenvalue weighted by Gasteiger charge is -2.34. The minimum Gasteiger partial charge on any atom is -0.480 e. The quantitative estimate of drug-likeness (QED) is 0.603. The molecule has 0 saturated carbocycles. The zero-order chi connectivity index (χ0) is 21.2. The normalized spacial score (nSPS) is 17.8. The molecule has 1 aliphatic rings. The van der Waals surface area contributed by atoms with E-state index in [4.69, 9.17) is 5.11 Å². The molecule has 6 nitrogen and oxygen atoms in total. The fourth-order valence-electron chi connectivity index (χ4n) is 3.43. The second kappa shape index (κ2) is 7.83. The number of aliphatic carboxylic acids is 1. The van der Waals surface area contributed by atoms with Crippen LogP contribution < -0.4 is 5.32 Å². The van der Waals surface area contributed by atoms with Gasteiger partial charge in [-0.2, -0.15) is 0 Å². The largest absolute Gasteiger partial charge is 0.480 e. The van der Waals surface area contributed by atoms with E-state index < -0.39 is 41.3 Å². The van der Waals surface area contributed by atoms with Gasteiger partial charge in [0.15, 0.2) is 17.5 Å². The summed E-state index contributed by atoms with van der Waals surface area (Å²) in [6, 6.07) is 14.9. The summed E-state index contributed by atoms with van der Waals surface area (Å²) in [7, 11) is 0. The first-order valence-electron chi connectivity index (χ1n) is 9.17. The highest BCUT2D eigenvalue weighted by atomic mass is 16.4. The van der Waals surface area contributed by atoms with Crippen LogP contribution in [0.2, 0.25) is 0 Å². The van der Waals surface area contributed by atoms with Crippen molar-refractivity contribution in [3.05, 3.63) is 70.8 Å². The van der Waals surface area contributed by atoms with E-state index in [1.807, 2.05) is 42.5 Å². The van der Waals surface area contributed by atoms with Crippen LogP contribution in [0.15, 0.2) is 48.5 Å². The summed E-state index contributed by atoms with van der Waals surface area (Å²) in [4.78, 5) is 48.8. The van der Waals surface area contributed by atoms with Gasteiger partial charge >= 0.3 is 5.97 Å². The fourth-order valence-corrected chi connectivity index (χ4v) is 3.43. The smallest absolute Gasteiger partial charge is 0.322 e. The summed E-state index contributed by atoms with van der Waals surface area (Å²) >= 11 is 0. The molecule has 1 unspecified atom stereocenters. The average molecular weight is 391 g/mol. The summed E-state index contributed by atoms with van der Waals surface area (Å²) in [6.07, 6.45) is 3.83. The van der Waals surface area contributed by atoms with E-state index in [9.17, 15) is 19.2 Å². The molecule has 0 heterocycles. The number of fused-ring (bicyclic) bond motifs is 1. The molecule has 2 aromatic carbocycles. The Hall–Kier alpha value is -3.54. The van der Waals surface area contributed by atoms with Crippen LogP contribution in [0.4, 0.5) is 0 Å². The summed E-state index contributed by atoms with van der Waals surface area (Å²) < 4.78 is 0. The van der Waals surface area contributed by atoms with Gasteiger partial charge in [-0.25, -0.2) is 0 Å². The molecule has 2 aromatic rings. The number of carboxylic acid groups (broad SMARTS) is 1. The van der Waals surface area contributed by atoms with Crippen LogP contribution in [-0.2, 0) is 19.8 Å². The molecule has 1 aliphatic carbocycles. The number of benzene rings is 2. The second-order valence-corrected chi connectivity index (χ2v) is 7.45. The van der Waals surface area contributed by atoms with E-state index in [0.29, 0.717) is 11.1 Å². The first-order valence-corrected chi connectivity index (χ1v) is 9.17. The number of carbonyl (C=O) groups excluding carboxylic acids is 3. The Labute approximate surface area is 168 Å². The SMILES string of the molecule is CC1(C)C(=O)C(C(=O)NCC(=O)O)C(=O)c2ccc(C=Cc3ccccc3)cc21. The van der Waals surface area contributed by atoms with Crippen LogP contribution in [-0.4, -0.2) is 35.1 Å². The highest BCUT2D eigenvalue weighted by Gasteiger charge is 2.49. The van der Waals surface area contributed by atoms with Gasteiger partial charge in [0, 0.05) is 5.56 Å². The molecule has 1 atom stereocenters. The zero-order valence-electron chi connectivity index (χ0n) is 16.1. The Morgan fingerprint density at radius 3 is 2.34 bits per heavy atom. The summed E-state index contributed by atoms with van der Waals surface area (Å²) in [6.45, 7) is 2.69. The van der Waals surface area contributed by atoms with E-state index in [0.717, 1.165) is 11.1 Å². The Kier molecular flexibility index (Phi) is 5.46.